The zero-order valence-corrected chi connectivity index (χ0v) is 18.2. The number of rotatable bonds is 7. The van der Waals surface area contributed by atoms with Crippen molar-refractivity contribution in [3.8, 4) is 22.8 Å². The van der Waals surface area contributed by atoms with Crippen LogP contribution in [0, 0.1) is 6.92 Å². The molecule has 1 aromatic heterocycles. The Kier molecular flexibility index (Phi) is 7.08. The highest BCUT2D eigenvalue weighted by Gasteiger charge is 2.32. The van der Waals surface area contributed by atoms with Gasteiger partial charge in [0, 0.05) is 23.4 Å². The van der Waals surface area contributed by atoms with Gasteiger partial charge in [0.25, 0.3) is 0 Å². The van der Waals surface area contributed by atoms with Crippen molar-refractivity contribution < 1.29 is 35.8 Å². The van der Waals surface area contributed by atoms with Crippen molar-refractivity contribution in [1.29, 1.82) is 0 Å². The molecule has 0 spiro atoms. The average Bonchev–Trinajstić information content (AvgIpc) is 2.67. The SMILES string of the molecule is Cc1cc(OC(F)(F)F)ccc1Nc1cc(-c2cccc(OC(F)(F)F)c2)nc(NC(C)C)n1. The summed E-state index contributed by atoms with van der Waals surface area (Å²) in [5.41, 5.74) is 1.53. The molecule has 1 heterocycles. The van der Waals surface area contributed by atoms with Gasteiger partial charge in [0.05, 0.1) is 5.69 Å². The molecule has 0 aliphatic rings. The van der Waals surface area contributed by atoms with E-state index < -0.39 is 18.5 Å². The smallest absolute Gasteiger partial charge is 0.406 e. The highest BCUT2D eigenvalue weighted by atomic mass is 19.4. The maximum Gasteiger partial charge on any atom is 0.573 e. The third kappa shape index (κ3) is 7.42. The zero-order chi connectivity index (χ0) is 25.1. The highest BCUT2D eigenvalue weighted by molar-refractivity contribution is 5.69. The van der Waals surface area contributed by atoms with Crippen LogP contribution in [-0.4, -0.2) is 28.7 Å². The predicted molar refractivity (Wildman–Crippen MR) is 114 cm³/mol. The van der Waals surface area contributed by atoms with E-state index in [-0.39, 0.29) is 23.6 Å². The Labute approximate surface area is 190 Å². The molecule has 2 aromatic carbocycles. The third-order valence-corrected chi connectivity index (χ3v) is 4.20. The fraction of sp³-hybridized carbons (Fsp3) is 0.273. The first-order valence-electron chi connectivity index (χ1n) is 9.92. The number of aryl methyl sites for hydroxylation is 1. The number of alkyl halides is 6. The lowest BCUT2D eigenvalue weighted by Gasteiger charge is -2.16. The van der Waals surface area contributed by atoms with E-state index in [4.69, 9.17) is 0 Å². The molecule has 0 aliphatic heterocycles. The number of aromatic nitrogens is 2. The van der Waals surface area contributed by atoms with Gasteiger partial charge in [0.2, 0.25) is 5.95 Å². The number of benzene rings is 2. The molecule has 12 heteroatoms. The molecule has 0 fully saturated rings. The van der Waals surface area contributed by atoms with Crippen LogP contribution in [0.1, 0.15) is 19.4 Å². The van der Waals surface area contributed by atoms with Crippen LogP contribution < -0.4 is 20.1 Å². The van der Waals surface area contributed by atoms with Crippen molar-refractivity contribution in [2.24, 2.45) is 0 Å². The molecular weight excluding hydrogens is 466 g/mol. The van der Waals surface area contributed by atoms with E-state index in [0.29, 0.717) is 22.5 Å². The molecule has 2 N–H and O–H groups in total. The molecule has 6 nitrogen and oxygen atoms in total. The van der Waals surface area contributed by atoms with E-state index in [1.807, 2.05) is 13.8 Å². The molecule has 0 radical (unpaired) electrons. The monoisotopic (exact) mass is 486 g/mol. The molecule has 0 bridgehead atoms. The molecule has 0 saturated carbocycles. The number of anilines is 3. The molecular formula is C22H20F6N4O2. The van der Waals surface area contributed by atoms with Crippen molar-refractivity contribution in [2.45, 2.75) is 39.5 Å². The van der Waals surface area contributed by atoms with Gasteiger partial charge in [-0.3, -0.25) is 0 Å². The Morgan fingerprint density at radius 2 is 1.47 bits per heavy atom. The topological polar surface area (TPSA) is 68.3 Å². The molecule has 0 atom stereocenters. The predicted octanol–water partition coefficient (Wildman–Crippen LogP) is 6.81. The summed E-state index contributed by atoms with van der Waals surface area (Å²) in [6.07, 6.45) is -9.66. The summed E-state index contributed by atoms with van der Waals surface area (Å²) in [7, 11) is 0. The Balaban J connectivity index is 1.95. The van der Waals surface area contributed by atoms with Gasteiger partial charge in [0.1, 0.15) is 17.3 Å². The number of hydrogen-bond donors (Lipinski definition) is 2. The second-order valence-electron chi connectivity index (χ2n) is 7.49. The Hall–Kier alpha value is -3.70. The van der Waals surface area contributed by atoms with Gasteiger partial charge in [-0.2, -0.15) is 4.98 Å². The standard InChI is InChI=1S/C22H20F6N4O2/c1-12(2)29-20-31-18(14-5-4-6-15(10-14)33-21(23,24)25)11-19(32-20)30-17-8-7-16(9-13(17)3)34-22(26,27)28/h4-12H,1-3H3,(H2,29,30,31,32). The van der Waals surface area contributed by atoms with Crippen molar-refractivity contribution in [1.82, 2.24) is 9.97 Å². The average molecular weight is 486 g/mol. The lowest BCUT2D eigenvalue weighted by Crippen LogP contribution is -2.17. The number of ether oxygens (including phenoxy) is 2. The summed E-state index contributed by atoms with van der Waals surface area (Å²) in [6.45, 7) is 5.29. The second-order valence-corrected chi connectivity index (χ2v) is 7.49. The number of hydrogen-bond acceptors (Lipinski definition) is 6. The van der Waals surface area contributed by atoms with Gasteiger partial charge >= 0.3 is 12.7 Å². The fourth-order valence-electron chi connectivity index (χ4n) is 2.95. The summed E-state index contributed by atoms with van der Waals surface area (Å²) in [4.78, 5) is 8.70. The van der Waals surface area contributed by atoms with E-state index in [1.165, 1.54) is 36.4 Å². The first kappa shape index (κ1) is 24.9. The van der Waals surface area contributed by atoms with Crippen LogP contribution in [0.3, 0.4) is 0 Å². The highest BCUT2D eigenvalue weighted by Crippen LogP contribution is 2.31. The van der Waals surface area contributed by atoms with Gasteiger partial charge < -0.3 is 20.1 Å². The third-order valence-electron chi connectivity index (χ3n) is 4.20. The van der Waals surface area contributed by atoms with Crippen molar-refractivity contribution >= 4 is 17.5 Å². The number of halogens is 6. The van der Waals surface area contributed by atoms with E-state index in [1.54, 1.807) is 13.0 Å². The van der Waals surface area contributed by atoms with Crippen molar-refractivity contribution in [3.63, 3.8) is 0 Å². The maximum absolute atomic E-state index is 12.6. The number of nitrogens with one attached hydrogen (secondary N) is 2. The Morgan fingerprint density at radius 3 is 2.06 bits per heavy atom. The van der Waals surface area contributed by atoms with Gasteiger partial charge in [-0.1, -0.05) is 12.1 Å². The summed E-state index contributed by atoms with van der Waals surface area (Å²) in [5, 5.41) is 6.02. The minimum atomic E-state index is -4.85. The minimum Gasteiger partial charge on any atom is -0.406 e. The molecule has 0 saturated heterocycles. The summed E-state index contributed by atoms with van der Waals surface area (Å²) >= 11 is 0. The first-order valence-corrected chi connectivity index (χ1v) is 9.92. The van der Waals surface area contributed by atoms with Gasteiger partial charge in [-0.15, -0.1) is 26.3 Å². The molecule has 182 valence electrons. The lowest BCUT2D eigenvalue weighted by atomic mass is 10.1. The summed E-state index contributed by atoms with van der Waals surface area (Å²) in [6, 6.07) is 10.5. The lowest BCUT2D eigenvalue weighted by molar-refractivity contribution is -0.275. The van der Waals surface area contributed by atoms with Gasteiger partial charge in [0.15, 0.2) is 0 Å². The molecule has 0 aliphatic carbocycles. The fourth-order valence-corrected chi connectivity index (χ4v) is 2.95. The van der Waals surface area contributed by atoms with E-state index in [2.05, 4.69) is 30.1 Å². The van der Waals surface area contributed by atoms with Crippen molar-refractivity contribution in [2.75, 3.05) is 10.6 Å². The summed E-state index contributed by atoms with van der Waals surface area (Å²) in [5.74, 6) is -0.315. The summed E-state index contributed by atoms with van der Waals surface area (Å²) < 4.78 is 83.1. The van der Waals surface area contributed by atoms with Gasteiger partial charge in [-0.05, 0) is 56.7 Å². The zero-order valence-electron chi connectivity index (χ0n) is 18.2. The van der Waals surface area contributed by atoms with Crippen LogP contribution in [-0.2, 0) is 0 Å². The van der Waals surface area contributed by atoms with E-state index in [9.17, 15) is 26.3 Å². The van der Waals surface area contributed by atoms with Gasteiger partial charge in [-0.25, -0.2) is 4.98 Å². The Morgan fingerprint density at radius 1 is 0.824 bits per heavy atom. The van der Waals surface area contributed by atoms with Crippen LogP contribution in [0.15, 0.2) is 48.5 Å². The van der Waals surface area contributed by atoms with Crippen LogP contribution in [0.5, 0.6) is 11.5 Å². The number of nitrogens with zero attached hydrogens (tertiary/aromatic N) is 2. The normalized spacial score (nSPS) is 11.9. The Bertz CT molecular complexity index is 1150. The molecule has 0 unspecified atom stereocenters. The van der Waals surface area contributed by atoms with E-state index >= 15 is 0 Å². The first-order chi connectivity index (χ1) is 15.8. The molecule has 3 aromatic rings. The molecule has 3 rings (SSSR count). The minimum absolute atomic E-state index is 0.0523. The van der Waals surface area contributed by atoms with Crippen LogP contribution >= 0.6 is 0 Å². The quantitative estimate of drug-likeness (QED) is 0.358. The maximum atomic E-state index is 12.6. The van der Waals surface area contributed by atoms with Crippen molar-refractivity contribution in [3.05, 3.63) is 54.1 Å². The molecule has 0 amide bonds. The molecule has 34 heavy (non-hydrogen) atoms. The van der Waals surface area contributed by atoms with Crippen LogP contribution in [0.4, 0.5) is 43.8 Å². The second kappa shape index (κ2) is 9.65. The van der Waals surface area contributed by atoms with Crippen LogP contribution in [0.25, 0.3) is 11.3 Å². The van der Waals surface area contributed by atoms with E-state index in [0.717, 1.165) is 6.07 Å². The van der Waals surface area contributed by atoms with Crippen LogP contribution in [0.2, 0.25) is 0 Å². The largest absolute Gasteiger partial charge is 0.573 e.